The zero-order chi connectivity index (χ0) is 23.1. The lowest BCUT2D eigenvalue weighted by atomic mass is 10.1. The van der Waals surface area contributed by atoms with Crippen molar-refractivity contribution in [3.8, 4) is 11.8 Å². The number of ether oxygens (including phenoxy) is 2. The van der Waals surface area contributed by atoms with Crippen LogP contribution < -0.4 is 10.1 Å². The number of nitrogens with zero attached hydrogens (tertiary/aromatic N) is 2. The summed E-state index contributed by atoms with van der Waals surface area (Å²) in [6.45, 7) is 8.09. The third kappa shape index (κ3) is 5.89. The first-order chi connectivity index (χ1) is 14.7. The summed E-state index contributed by atoms with van der Waals surface area (Å²) in [5.74, 6) is -1.04. The van der Waals surface area contributed by atoms with Crippen LogP contribution in [0.4, 0.5) is 5.69 Å². The molecule has 2 aromatic rings. The fourth-order valence-electron chi connectivity index (χ4n) is 3.16. The Labute approximate surface area is 187 Å². The maximum absolute atomic E-state index is 12.3. The van der Waals surface area contributed by atoms with E-state index in [9.17, 15) is 14.9 Å². The van der Waals surface area contributed by atoms with E-state index in [1.54, 1.807) is 19.1 Å². The van der Waals surface area contributed by atoms with Crippen LogP contribution in [0.3, 0.4) is 0 Å². The number of benzene rings is 1. The van der Waals surface area contributed by atoms with Crippen molar-refractivity contribution in [2.24, 2.45) is 0 Å². The van der Waals surface area contributed by atoms with Gasteiger partial charge in [-0.05, 0) is 56.5 Å². The minimum Gasteiger partial charge on any atom is -0.495 e. The fourth-order valence-corrected chi connectivity index (χ4v) is 3.31. The Hall–Kier alpha value is -3.24. The van der Waals surface area contributed by atoms with Crippen molar-refractivity contribution in [3.05, 3.63) is 51.3 Å². The van der Waals surface area contributed by atoms with Crippen LogP contribution in [-0.2, 0) is 20.9 Å². The Balaban J connectivity index is 2.08. The van der Waals surface area contributed by atoms with Gasteiger partial charge in [0.15, 0.2) is 6.61 Å². The lowest BCUT2D eigenvalue weighted by Crippen LogP contribution is -2.21. The first-order valence-electron chi connectivity index (χ1n) is 9.81. The van der Waals surface area contributed by atoms with Crippen LogP contribution in [-0.4, -0.2) is 30.2 Å². The van der Waals surface area contributed by atoms with Crippen molar-refractivity contribution >= 4 is 35.2 Å². The smallest absolute Gasteiger partial charge is 0.349 e. The molecule has 8 heteroatoms. The number of rotatable bonds is 8. The summed E-state index contributed by atoms with van der Waals surface area (Å²) in [5, 5.41) is 12.5. The van der Waals surface area contributed by atoms with Gasteiger partial charge in [0.2, 0.25) is 0 Å². The van der Waals surface area contributed by atoms with Crippen molar-refractivity contribution in [3.63, 3.8) is 0 Å². The first kappa shape index (κ1) is 24.0. The number of methoxy groups -OCH3 is 1. The summed E-state index contributed by atoms with van der Waals surface area (Å²) in [4.78, 5) is 24.6. The molecule has 0 aliphatic carbocycles. The molecule has 0 aliphatic rings. The SMILES string of the molecule is CCCn1c(C)cc(/C=C(\C#N)C(=O)OCC(=O)Nc2cc(C)c(Cl)cc2OC)c1C. The van der Waals surface area contributed by atoms with E-state index in [-0.39, 0.29) is 5.57 Å². The molecule has 0 bridgehead atoms. The fraction of sp³-hybridized carbons (Fsp3) is 0.348. The average Bonchev–Trinajstić information content (AvgIpc) is 3.00. The van der Waals surface area contributed by atoms with Crippen molar-refractivity contribution in [1.82, 2.24) is 4.57 Å². The van der Waals surface area contributed by atoms with Gasteiger partial charge in [0.1, 0.15) is 17.4 Å². The summed E-state index contributed by atoms with van der Waals surface area (Å²) in [5.41, 5.74) is 3.76. The largest absolute Gasteiger partial charge is 0.495 e. The van der Waals surface area contributed by atoms with Gasteiger partial charge in [-0.3, -0.25) is 4.79 Å². The molecule has 0 unspecified atom stereocenters. The van der Waals surface area contributed by atoms with Gasteiger partial charge in [0.25, 0.3) is 5.91 Å². The predicted octanol–water partition coefficient (Wildman–Crippen LogP) is 4.57. The highest BCUT2D eigenvalue weighted by atomic mass is 35.5. The number of aryl methyl sites for hydroxylation is 2. The molecule has 31 heavy (non-hydrogen) atoms. The molecule has 2 rings (SSSR count). The Morgan fingerprint density at radius 2 is 1.97 bits per heavy atom. The van der Waals surface area contributed by atoms with Gasteiger partial charge < -0.3 is 19.4 Å². The number of carbonyl (C=O) groups excluding carboxylic acids is 2. The molecule has 1 N–H and O–H groups in total. The molecule has 1 amide bonds. The molecular weight excluding hydrogens is 418 g/mol. The number of nitriles is 1. The predicted molar refractivity (Wildman–Crippen MR) is 120 cm³/mol. The number of hydrogen-bond acceptors (Lipinski definition) is 5. The number of carbonyl (C=O) groups is 2. The van der Waals surface area contributed by atoms with Crippen LogP contribution in [0.5, 0.6) is 5.75 Å². The monoisotopic (exact) mass is 443 g/mol. The molecular formula is C23H26ClN3O4. The third-order valence-corrected chi connectivity index (χ3v) is 5.20. The van der Waals surface area contributed by atoms with Crippen molar-refractivity contribution < 1.29 is 19.1 Å². The normalized spacial score (nSPS) is 11.1. The average molecular weight is 444 g/mol. The molecule has 0 saturated carbocycles. The lowest BCUT2D eigenvalue weighted by molar-refractivity contribution is -0.142. The lowest BCUT2D eigenvalue weighted by Gasteiger charge is -2.12. The molecule has 0 spiro atoms. The highest BCUT2D eigenvalue weighted by Crippen LogP contribution is 2.30. The number of aromatic nitrogens is 1. The Morgan fingerprint density at radius 3 is 2.58 bits per heavy atom. The van der Waals surface area contributed by atoms with E-state index in [0.717, 1.165) is 35.5 Å². The van der Waals surface area contributed by atoms with Crippen molar-refractivity contribution in [2.75, 3.05) is 19.0 Å². The molecule has 1 aromatic carbocycles. The zero-order valence-corrected chi connectivity index (χ0v) is 19.1. The van der Waals surface area contributed by atoms with E-state index in [0.29, 0.717) is 16.5 Å². The maximum atomic E-state index is 12.3. The summed E-state index contributed by atoms with van der Waals surface area (Å²) in [6.07, 6.45) is 2.46. The van der Waals surface area contributed by atoms with E-state index < -0.39 is 18.5 Å². The van der Waals surface area contributed by atoms with Crippen molar-refractivity contribution in [1.29, 1.82) is 5.26 Å². The van der Waals surface area contributed by atoms with E-state index in [2.05, 4.69) is 16.8 Å². The van der Waals surface area contributed by atoms with Gasteiger partial charge >= 0.3 is 5.97 Å². The number of hydrogen-bond donors (Lipinski definition) is 1. The first-order valence-corrected chi connectivity index (χ1v) is 10.2. The number of esters is 1. The minimum absolute atomic E-state index is 0.176. The molecule has 7 nitrogen and oxygen atoms in total. The van der Waals surface area contributed by atoms with Crippen molar-refractivity contribution in [2.45, 2.75) is 40.7 Å². The van der Waals surface area contributed by atoms with E-state index in [1.165, 1.54) is 13.2 Å². The van der Waals surface area contributed by atoms with Crippen LogP contribution in [0.25, 0.3) is 6.08 Å². The summed E-state index contributed by atoms with van der Waals surface area (Å²) in [7, 11) is 1.46. The summed E-state index contributed by atoms with van der Waals surface area (Å²) in [6, 6.07) is 7.02. The van der Waals surface area contributed by atoms with Crippen LogP contribution in [0.2, 0.25) is 5.02 Å². The second-order valence-electron chi connectivity index (χ2n) is 7.07. The van der Waals surface area contributed by atoms with Gasteiger partial charge in [0, 0.05) is 29.0 Å². The topological polar surface area (TPSA) is 93.4 Å². The van der Waals surface area contributed by atoms with Crippen LogP contribution in [0, 0.1) is 32.1 Å². The molecule has 0 aliphatic heterocycles. The number of anilines is 1. The second kappa shape index (κ2) is 10.7. The van der Waals surface area contributed by atoms with E-state index in [1.807, 2.05) is 26.0 Å². The molecule has 0 atom stereocenters. The van der Waals surface area contributed by atoms with Gasteiger partial charge in [0.05, 0.1) is 12.8 Å². The van der Waals surface area contributed by atoms with E-state index >= 15 is 0 Å². The highest BCUT2D eigenvalue weighted by Gasteiger charge is 2.17. The molecule has 1 heterocycles. The minimum atomic E-state index is -0.864. The standard InChI is InChI=1S/C23H26ClN3O4/c1-6-7-27-15(3)9-17(16(27)4)10-18(12-25)23(29)31-13-22(28)26-20-8-14(2)19(24)11-21(20)30-5/h8-11H,6-7,13H2,1-5H3,(H,26,28)/b18-10+. The molecule has 0 fully saturated rings. The molecule has 0 radical (unpaired) electrons. The summed E-state index contributed by atoms with van der Waals surface area (Å²) < 4.78 is 12.4. The maximum Gasteiger partial charge on any atom is 0.349 e. The van der Waals surface area contributed by atoms with Gasteiger partial charge in [-0.15, -0.1) is 0 Å². The van der Waals surface area contributed by atoms with Crippen LogP contribution >= 0.6 is 11.6 Å². The highest BCUT2D eigenvalue weighted by molar-refractivity contribution is 6.31. The number of amides is 1. The summed E-state index contributed by atoms with van der Waals surface area (Å²) >= 11 is 6.06. The van der Waals surface area contributed by atoms with Gasteiger partial charge in [-0.2, -0.15) is 5.26 Å². The number of halogens is 1. The zero-order valence-electron chi connectivity index (χ0n) is 18.3. The van der Waals surface area contributed by atoms with E-state index in [4.69, 9.17) is 21.1 Å². The van der Waals surface area contributed by atoms with Crippen LogP contribution in [0.15, 0.2) is 23.8 Å². The Bertz CT molecular complexity index is 1060. The van der Waals surface area contributed by atoms with Gasteiger partial charge in [-0.1, -0.05) is 18.5 Å². The second-order valence-corrected chi connectivity index (χ2v) is 7.48. The Morgan fingerprint density at radius 1 is 1.26 bits per heavy atom. The van der Waals surface area contributed by atoms with Crippen LogP contribution in [0.1, 0.15) is 35.9 Å². The third-order valence-electron chi connectivity index (χ3n) is 4.79. The molecule has 164 valence electrons. The quantitative estimate of drug-likeness (QED) is 0.366. The number of nitrogens with one attached hydrogen (secondary N) is 1. The van der Waals surface area contributed by atoms with Gasteiger partial charge in [-0.25, -0.2) is 4.79 Å². The molecule has 1 aromatic heterocycles. The Kier molecular flexibility index (Phi) is 8.29. The molecule has 0 saturated heterocycles.